The van der Waals surface area contributed by atoms with Gasteiger partial charge in [0.2, 0.25) is 0 Å². The third-order valence-electron chi connectivity index (χ3n) is 7.62. The van der Waals surface area contributed by atoms with Crippen LogP contribution in [-0.2, 0) is 28.5 Å². The Hall–Kier alpha value is -1.40. The van der Waals surface area contributed by atoms with Gasteiger partial charge in [0.05, 0.1) is 18.8 Å². The van der Waals surface area contributed by atoms with Crippen LogP contribution in [0.4, 0.5) is 0 Å². The quantitative estimate of drug-likeness (QED) is 0.406. The first-order valence-corrected chi connectivity index (χ1v) is 10.4. The minimum absolute atomic E-state index is 0.0806. The molecule has 0 unspecified atom stereocenters. The molecule has 0 aromatic carbocycles. The van der Waals surface area contributed by atoms with Crippen molar-refractivity contribution in [1.82, 2.24) is 0 Å². The second-order valence-corrected chi connectivity index (χ2v) is 9.72. The Bertz CT molecular complexity index is 708. The second-order valence-electron chi connectivity index (χ2n) is 9.72. The summed E-state index contributed by atoms with van der Waals surface area (Å²) in [6.07, 6.45) is 4.56. The standard InChI is InChI=1S/C22H32O6/c1-13(2)8-19(24)27-16-10-21(11-25-15(4)23)18(9-14(16)3)28-17-6-7-20(21,5)22(17)12-26-22/h9,13,16-18H,6-8,10-12H2,1-5H3/t16-,17+,18+,20+,21+,22-/m0/s1. The van der Waals surface area contributed by atoms with Crippen LogP contribution in [-0.4, -0.2) is 49.1 Å². The molecule has 2 aliphatic carbocycles. The van der Waals surface area contributed by atoms with E-state index in [-0.39, 0.29) is 53.8 Å². The Morgan fingerprint density at radius 1 is 1.36 bits per heavy atom. The zero-order chi connectivity index (χ0) is 20.3. The van der Waals surface area contributed by atoms with Crippen molar-refractivity contribution in [1.29, 1.82) is 0 Å². The van der Waals surface area contributed by atoms with E-state index in [0.717, 1.165) is 18.4 Å². The monoisotopic (exact) mass is 392 g/mol. The molecule has 0 aromatic heterocycles. The SMILES string of the molecule is CC(=O)OC[C@]12C[C@H](OC(=O)CC(C)C)C(C)=C[C@H]1O[C@@H]1CC[C@@]2(C)[C@]12CO2. The Kier molecular flexibility index (Phi) is 4.66. The van der Waals surface area contributed by atoms with Gasteiger partial charge in [0.1, 0.15) is 18.3 Å². The molecule has 2 aliphatic heterocycles. The van der Waals surface area contributed by atoms with Crippen LogP contribution in [0.1, 0.15) is 60.3 Å². The normalized spacial score (nSPS) is 43.5. The van der Waals surface area contributed by atoms with Gasteiger partial charge in [0, 0.05) is 30.6 Å². The highest BCUT2D eigenvalue weighted by Gasteiger charge is 2.79. The van der Waals surface area contributed by atoms with Crippen molar-refractivity contribution in [3.8, 4) is 0 Å². The Labute approximate surface area is 166 Å². The Morgan fingerprint density at radius 2 is 2.07 bits per heavy atom. The number of esters is 2. The number of fused-ring (bicyclic) bond motifs is 2. The molecule has 28 heavy (non-hydrogen) atoms. The van der Waals surface area contributed by atoms with E-state index in [0.29, 0.717) is 19.4 Å². The highest BCUT2D eigenvalue weighted by Crippen LogP contribution is 2.71. The van der Waals surface area contributed by atoms with Crippen LogP contribution in [0.2, 0.25) is 0 Å². The average Bonchev–Trinajstić information content (AvgIpc) is 3.35. The van der Waals surface area contributed by atoms with E-state index in [1.807, 2.05) is 20.8 Å². The number of carbonyl (C=O) groups is 2. The summed E-state index contributed by atoms with van der Waals surface area (Å²) in [6.45, 7) is 10.6. The molecule has 6 heteroatoms. The van der Waals surface area contributed by atoms with E-state index in [4.69, 9.17) is 18.9 Å². The van der Waals surface area contributed by atoms with Crippen molar-refractivity contribution < 1.29 is 28.5 Å². The lowest BCUT2D eigenvalue weighted by Gasteiger charge is -2.58. The summed E-state index contributed by atoms with van der Waals surface area (Å²) in [5.41, 5.74) is 0.0547. The van der Waals surface area contributed by atoms with Crippen LogP contribution in [0.3, 0.4) is 0 Å². The van der Waals surface area contributed by atoms with E-state index in [1.165, 1.54) is 6.92 Å². The minimum atomic E-state index is -0.468. The summed E-state index contributed by atoms with van der Waals surface area (Å²) in [6, 6.07) is 0. The maximum absolute atomic E-state index is 12.4. The van der Waals surface area contributed by atoms with Gasteiger partial charge in [-0.3, -0.25) is 9.59 Å². The molecule has 3 fully saturated rings. The molecular formula is C22H32O6. The smallest absolute Gasteiger partial charge is 0.306 e. The molecule has 2 heterocycles. The lowest BCUT2D eigenvalue weighted by molar-refractivity contribution is -0.226. The fourth-order valence-corrected chi connectivity index (χ4v) is 5.86. The minimum Gasteiger partial charge on any atom is -0.465 e. The zero-order valence-electron chi connectivity index (χ0n) is 17.6. The largest absolute Gasteiger partial charge is 0.465 e. The van der Waals surface area contributed by atoms with Gasteiger partial charge in [-0.1, -0.05) is 26.8 Å². The fourth-order valence-electron chi connectivity index (χ4n) is 5.86. The van der Waals surface area contributed by atoms with Gasteiger partial charge in [0.25, 0.3) is 0 Å². The van der Waals surface area contributed by atoms with Crippen molar-refractivity contribution >= 4 is 11.9 Å². The molecule has 0 aromatic rings. The van der Waals surface area contributed by atoms with Gasteiger partial charge in [-0.2, -0.15) is 0 Å². The molecule has 0 N–H and O–H groups in total. The lowest BCUT2D eigenvalue weighted by atomic mass is 9.51. The molecular weight excluding hydrogens is 360 g/mol. The molecule has 1 spiro atoms. The summed E-state index contributed by atoms with van der Waals surface area (Å²) < 4.78 is 24.0. The molecule has 2 saturated heterocycles. The van der Waals surface area contributed by atoms with Gasteiger partial charge < -0.3 is 18.9 Å². The van der Waals surface area contributed by atoms with Gasteiger partial charge in [-0.05, 0) is 31.3 Å². The summed E-state index contributed by atoms with van der Waals surface area (Å²) in [4.78, 5) is 24.1. The molecule has 0 amide bonds. The molecule has 6 atom stereocenters. The molecule has 6 nitrogen and oxygen atoms in total. The molecule has 0 radical (unpaired) electrons. The second kappa shape index (κ2) is 6.56. The number of hydrogen-bond donors (Lipinski definition) is 0. The van der Waals surface area contributed by atoms with Crippen LogP contribution in [0, 0.1) is 16.7 Å². The number of carbonyl (C=O) groups excluding carboxylic acids is 2. The van der Waals surface area contributed by atoms with Crippen molar-refractivity contribution in [3.05, 3.63) is 11.6 Å². The highest BCUT2D eigenvalue weighted by molar-refractivity contribution is 5.70. The zero-order valence-corrected chi connectivity index (χ0v) is 17.6. The summed E-state index contributed by atoms with van der Waals surface area (Å²) in [7, 11) is 0. The van der Waals surface area contributed by atoms with Crippen LogP contribution >= 0.6 is 0 Å². The van der Waals surface area contributed by atoms with E-state index in [1.54, 1.807) is 0 Å². The van der Waals surface area contributed by atoms with Crippen LogP contribution in [0.25, 0.3) is 0 Å². The van der Waals surface area contributed by atoms with Crippen LogP contribution in [0.5, 0.6) is 0 Å². The van der Waals surface area contributed by atoms with Gasteiger partial charge in [0.15, 0.2) is 0 Å². The highest BCUT2D eigenvalue weighted by atomic mass is 16.6. The Morgan fingerprint density at radius 3 is 2.68 bits per heavy atom. The lowest BCUT2D eigenvalue weighted by Crippen LogP contribution is -2.65. The van der Waals surface area contributed by atoms with E-state index >= 15 is 0 Å². The van der Waals surface area contributed by atoms with Gasteiger partial charge >= 0.3 is 11.9 Å². The van der Waals surface area contributed by atoms with Crippen molar-refractivity contribution in [2.24, 2.45) is 16.7 Å². The van der Waals surface area contributed by atoms with Crippen molar-refractivity contribution in [2.75, 3.05) is 13.2 Å². The Balaban J connectivity index is 1.68. The summed E-state index contributed by atoms with van der Waals surface area (Å²) in [5.74, 6) is -0.239. The number of hydrogen-bond acceptors (Lipinski definition) is 6. The third kappa shape index (κ3) is 2.75. The number of epoxide rings is 1. The first-order chi connectivity index (χ1) is 13.1. The van der Waals surface area contributed by atoms with Crippen molar-refractivity contribution in [3.63, 3.8) is 0 Å². The van der Waals surface area contributed by atoms with E-state index in [9.17, 15) is 9.59 Å². The molecule has 1 saturated carbocycles. The van der Waals surface area contributed by atoms with Gasteiger partial charge in [-0.25, -0.2) is 0 Å². The third-order valence-corrected chi connectivity index (χ3v) is 7.62. The van der Waals surface area contributed by atoms with E-state index < -0.39 is 5.41 Å². The number of rotatable bonds is 5. The molecule has 156 valence electrons. The molecule has 4 aliphatic rings. The molecule has 2 bridgehead atoms. The van der Waals surface area contributed by atoms with Crippen LogP contribution in [0.15, 0.2) is 11.6 Å². The predicted molar refractivity (Wildman–Crippen MR) is 101 cm³/mol. The predicted octanol–water partition coefficient (Wildman–Crippen LogP) is 3.18. The first-order valence-electron chi connectivity index (χ1n) is 10.4. The summed E-state index contributed by atoms with van der Waals surface area (Å²) >= 11 is 0. The maximum atomic E-state index is 12.4. The topological polar surface area (TPSA) is 74.4 Å². The first kappa shape index (κ1) is 19.9. The van der Waals surface area contributed by atoms with Crippen molar-refractivity contribution in [2.45, 2.75) is 84.2 Å². The number of ether oxygens (including phenoxy) is 4. The fraction of sp³-hybridized carbons (Fsp3) is 0.818. The van der Waals surface area contributed by atoms with Gasteiger partial charge in [-0.15, -0.1) is 0 Å². The maximum Gasteiger partial charge on any atom is 0.306 e. The average molecular weight is 392 g/mol. The molecule has 4 rings (SSSR count). The van der Waals surface area contributed by atoms with Crippen LogP contribution < -0.4 is 0 Å². The summed E-state index contributed by atoms with van der Waals surface area (Å²) in [5, 5.41) is 0. The van der Waals surface area contributed by atoms with E-state index in [2.05, 4.69) is 13.0 Å².